The average Bonchev–Trinajstić information content (AvgIpc) is 2.54. The van der Waals surface area contributed by atoms with Crippen LogP contribution < -0.4 is 9.47 Å². The van der Waals surface area contributed by atoms with Crippen molar-refractivity contribution in [2.75, 3.05) is 33.4 Å². The Hall–Kier alpha value is -2.01. The number of hydrogen-bond acceptors (Lipinski definition) is 4. The summed E-state index contributed by atoms with van der Waals surface area (Å²) in [7, 11) is 1.58. The largest absolute Gasteiger partial charge is 0.493 e. The van der Waals surface area contributed by atoms with Gasteiger partial charge in [-0.3, -0.25) is 4.90 Å². The third kappa shape index (κ3) is 5.07. The topological polar surface area (TPSA) is 59.0 Å². The Bertz CT molecular complexity index is 521. The Labute approximate surface area is 131 Å². The molecular formula is C17H23NO4. The molecule has 5 heteroatoms. The van der Waals surface area contributed by atoms with E-state index in [1.807, 2.05) is 12.1 Å². The Kier molecular flexibility index (Phi) is 6.27. The van der Waals surface area contributed by atoms with Gasteiger partial charge in [-0.05, 0) is 49.7 Å². The van der Waals surface area contributed by atoms with Gasteiger partial charge in [-0.2, -0.15) is 0 Å². The SMILES string of the molecule is COc1cc(C=CC(=O)O)ccc1OCCN1CCCCC1. The minimum atomic E-state index is -0.971. The molecule has 22 heavy (non-hydrogen) atoms. The summed E-state index contributed by atoms with van der Waals surface area (Å²) in [6.07, 6.45) is 6.51. The molecule has 1 aliphatic heterocycles. The summed E-state index contributed by atoms with van der Waals surface area (Å²) in [5.41, 5.74) is 0.766. The lowest BCUT2D eigenvalue weighted by Crippen LogP contribution is -2.33. The fourth-order valence-electron chi connectivity index (χ4n) is 2.54. The van der Waals surface area contributed by atoms with Crippen molar-refractivity contribution in [3.05, 3.63) is 29.8 Å². The first-order valence-corrected chi connectivity index (χ1v) is 7.63. The zero-order valence-corrected chi connectivity index (χ0v) is 13.0. The summed E-state index contributed by atoms with van der Waals surface area (Å²) < 4.78 is 11.1. The van der Waals surface area contributed by atoms with Gasteiger partial charge in [0.15, 0.2) is 11.5 Å². The molecule has 0 radical (unpaired) electrons. The summed E-state index contributed by atoms with van der Waals surface area (Å²) in [5, 5.41) is 8.65. The van der Waals surface area contributed by atoms with Crippen molar-refractivity contribution in [2.45, 2.75) is 19.3 Å². The molecule has 1 N–H and O–H groups in total. The van der Waals surface area contributed by atoms with Crippen molar-refractivity contribution in [3.63, 3.8) is 0 Å². The van der Waals surface area contributed by atoms with E-state index in [0.717, 1.165) is 31.3 Å². The standard InChI is InChI=1S/C17H23NO4/c1-21-16-13-14(6-8-17(19)20)5-7-15(16)22-12-11-18-9-3-2-4-10-18/h5-8,13H,2-4,9-12H2,1H3,(H,19,20). The fourth-order valence-corrected chi connectivity index (χ4v) is 2.54. The average molecular weight is 305 g/mol. The van der Waals surface area contributed by atoms with Gasteiger partial charge in [-0.25, -0.2) is 4.79 Å². The number of methoxy groups -OCH3 is 1. The Morgan fingerprint density at radius 3 is 2.73 bits per heavy atom. The molecule has 1 aromatic carbocycles. The minimum absolute atomic E-state index is 0.617. The van der Waals surface area contributed by atoms with E-state index in [2.05, 4.69) is 4.90 Å². The molecule has 0 amide bonds. The molecule has 2 rings (SSSR count). The fraction of sp³-hybridized carbons (Fsp3) is 0.471. The van der Waals surface area contributed by atoms with E-state index in [4.69, 9.17) is 14.6 Å². The molecule has 1 heterocycles. The van der Waals surface area contributed by atoms with Gasteiger partial charge in [0.1, 0.15) is 6.61 Å². The number of carbonyl (C=O) groups is 1. The van der Waals surface area contributed by atoms with Gasteiger partial charge in [0.05, 0.1) is 7.11 Å². The van der Waals surface area contributed by atoms with Crippen molar-refractivity contribution in [1.82, 2.24) is 4.90 Å². The van der Waals surface area contributed by atoms with Gasteiger partial charge in [-0.1, -0.05) is 12.5 Å². The van der Waals surface area contributed by atoms with Gasteiger partial charge in [0, 0.05) is 12.6 Å². The number of aliphatic carboxylic acids is 1. The van der Waals surface area contributed by atoms with Crippen LogP contribution in [0.3, 0.4) is 0 Å². The molecule has 0 unspecified atom stereocenters. The van der Waals surface area contributed by atoms with Crippen molar-refractivity contribution in [3.8, 4) is 11.5 Å². The van der Waals surface area contributed by atoms with Crippen LogP contribution >= 0.6 is 0 Å². The minimum Gasteiger partial charge on any atom is -0.493 e. The number of rotatable bonds is 7. The Morgan fingerprint density at radius 1 is 1.27 bits per heavy atom. The lowest BCUT2D eigenvalue weighted by Gasteiger charge is -2.26. The second-order valence-electron chi connectivity index (χ2n) is 5.33. The van der Waals surface area contributed by atoms with E-state index in [1.165, 1.54) is 25.3 Å². The van der Waals surface area contributed by atoms with Crippen LogP contribution in [0.2, 0.25) is 0 Å². The van der Waals surface area contributed by atoms with E-state index in [0.29, 0.717) is 18.1 Å². The molecule has 120 valence electrons. The molecule has 5 nitrogen and oxygen atoms in total. The van der Waals surface area contributed by atoms with Crippen LogP contribution in [0.4, 0.5) is 0 Å². The highest BCUT2D eigenvalue weighted by atomic mass is 16.5. The van der Waals surface area contributed by atoms with E-state index >= 15 is 0 Å². The maximum atomic E-state index is 10.5. The summed E-state index contributed by atoms with van der Waals surface area (Å²) >= 11 is 0. The molecule has 0 aliphatic carbocycles. The zero-order chi connectivity index (χ0) is 15.8. The first-order chi connectivity index (χ1) is 10.7. The number of nitrogens with zero attached hydrogens (tertiary/aromatic N) is 1. The molecule has 1 aromatic rings. The van der Waals surface area contributed by atoms with Gasteiger partial charge >= 0.3 is 5.97 Å². The number of carboxylic acids is 1. The molecular weight excluding hydrogens is 282 g/mol. The zero-order valence-electron chi connectivity index (χ0n) is 13.0. The second-order valence-corrected chi connectivity index (χ2v) is 5.33. The predicted molar refractivity (Wildman–Crippen MR) is 85.4 cm³/mol. The Balaban J connectivity index is 1.90. The van der Waals surface area contributed by atoms with Crippen LogP contribution in [-0.4, -0.2) is 49.3 Å². The number of ether oxygens (including phenoxy) is 2. The van der Waals surface area contributed by atoms with Gasteiger partial charge in [0.2, 0.25) is 0 Å². The number of piperidine rings is 1. The third-order valence-electron chi connectivity index (χ3n) is 3.72. The predicted octanol–water partition coefficient (Wildman–Crippen LogP) is 2.66. The number of likely N-dealkylation sites (tertiary alicyclic amines) is 1. The van der Waals surface area contributed by atoms with E-state index in [-0.39, 0.29) is 0 Å². The molecule has 0 spiro atoms. The lowest BCUT2D eigenvalue weighted by molar-refractivity contribution is -0.131. The van der Waals surface area contributed by atoms with Crippen LogP contribution in [0.25, 0.3) is 6.08 Å². The van der Waals surface area contributed by atoms with Crippen LogP contribution in [0.5, 0.6) is 11.5 Å². The lowest BCUT2D eigenvalue weighted by atomic mass is 10.1. The highest BCUT2D eigenvalue weighted by Crippen LogP contribution is 2.28. The van der Waals surface area contributed by atoms with Crippen molar-refractivity contribution in [1.29, 1.82) is 0 Å². The quantitative estimate of drug-likeness (QED) is 0.785. The molecule has 0 aromatic heterocycles. The molecule has 0 bridgehead atoms. The van der Waals surface area contributed by atoms with Crippen molar-refractivity contribution >= 4 is 12.0 Å². The molecule has 1 aliphatic rings. The third-order valence-corrected chi connectivity index (χ3v) is 3.72. The normalized spacial score (nSPS) is 15.9. The molecule has 1 fully saturated rings. The van der Waals surface area contributed by atoms with Crippen molar-refractivity contribution in [2.24, 2.45) is 0 Å². The van der Waals surface area contributed by atoms with Crippen LogP contribution in [-0.2, 0) is 4.79 Å². The maximum Gasteiger partial charge on any atom is 0.328 e. The first kappa shape index (κ1) is 16.4. The smallest absolute Gasteiger partial charge is 0.328 e. The maximum absolute atomic E-state index is 10.5. The molecule has 0 saturated carbocycles. The van der Waals surface area contributed by atoms with E-state index in [9.17, 15) is 4.79 Å². The summed E-state index contributed by atoms with van der Waals surface area (Å²) in [6, 6.07) is 5.41. The van der Waals surface area contributed by atoms with E-state index < -0.39 is 5.97 Å². The summed E-state index contributed by atoms with van der Waals surface area (Å²) in [6.45, 7) is 3.85. The van der Waals surface area contributed by atoms with Gasteiger partial charge in [0.25, 0.3) is 0 Å². The highest BCUT2D eigenvalue weighted by molar-refractivity contribution is 5.85. The number of hydrogen-bond donors (Lipinski definition) is 1. The molecule has 0 atom stereocenters. The highest BCUT2D eigenvalue weighted by Gasteiger charge is 2.10. The number of carboxylic acid groups (broad SMARTS) is 1. The van der Waals surface area contributed by atoms with Gasteiger partial charge in [-0.15, -0.1) is 0 Å². The van der Waals surface area contributed by atoms with Crippen LogP contribution in [0, 0.1) is 0 Å². The van der Waals surface area contributed by atoms with Crippen molar-refractivity contribution < 1.29 is 19.4 Å². The number of benzene rings is 1. The summed E-state index contributed by atoms with van der Waals surface area (Å²) in [4.78, 5) is 13.0. The van der Waals surface area contributed by atoms with Crippen LogP contribution in [0.1, 0.15) is 24.8 Å². The monoisotopic (exact) mass is 305 g/mol. The Morgan fingerprint density at radius 2 is 2.05 bits per heavy atom. The second kappa shape index (κ2) is 8.44. The first-order valence-electron chi connectivity index (χ1n) is 7.63. The summed E-state index contributed by atoms with van der Waals surface area (Å²) in [5.74, 6) is 0.332. The molecule has 1 saturated heterocycles. The van der Waals surface area contributed by atoms with Gasteiger partial charge < -0.3 is 14.6 Å². The van der Waals surface area contributed by atoms with Crippen LogP contribution in [0.15, 0.2) is 24.3 Å². The van der Waals surface area contributed by atoms with E-state index in [1.54, 1.807) is 13.2 Å².